The SMILES string of the molecule is CS(=O)(=O)c1ccc(-c2ccc([C@@H]3C(CC[C@H](O)c4ccc(F)cc4)C(=O)N3c3ccc(F)cc3)cc2)cc1. The fraction of sp³-hybridized carbons (Fsp3) is 0.194. The van der Waals surface area contributed by atoms with Crippen LogP contribution in [0.25, 0.3) is 11.1 Å². The number of hydrogen-bond acceptors (Lipinski definition) is 4. The quantitative estimate of drug-likeness (QED) is 0.265. The number of anilines is 1. The predicted molar refractivity (Wildman–Crippen MR) is 146 cm³/mol. The predicted octanol–water partition coefficient (Wildman–Crippen LogP) is 6.25. The van der Waals surface area contributed by atoms with Crippen molar-refractivity contribution in [1.29, 1.82) is 0 Å². The summed E-state index contributed by atoms with van der Waals surface area (Å²) >= 11 is 0. The number of carbonyl (C=O) groups excluding carboxylic acids is 1. The van der Waals surface area contributed by atoms with Gasteiger partial charge in [0, 0.05) is 11.9 Å². The molecule has 4 aromatic rings. The standard InChI is InChI=1S/C31H27F2NO4S/c1-39(37,38)27-16-8-21(9-17-27)20-2-4-23(5-3-20)30-28(18-19-29(35)22-6-10-24(32)11-7-22)31(36)34(30)26-14-12-25(33)13-15-26/h2-17,28-30,35H,18-19H2,1H3/t28?,29-,30+/m0/s1. The third-order valence-electron chi connectivity index (χ3n) is 7.19. The van der Waals surface area contributed by atoms with Gasteiger partial charge in [-0.25, -0.2) is 17.2 Å². The molecule has 4 aromatic carbocycles. The van der Waals surface area contributed by atoms with E-state index in [0.29, 0.717) is 24.1 Å². The Bertz CT molecular complexity index is 1570. The van der Waals surface area contributed by atoms with Crippen LogP contribution in [0.2, 0.25) is 0 Å². The molecule has 1 fully saturated rings. The number of amides is 1. The first-order valence-electron chi connectivity index (χ1n) is 12.5. The molecule has 5 rings (SSSR count). The molecular weight excluding hydrogens is 520 g/mol. The van der Waals surface area contributed by atoms with Gasteiger partial charge in [-0.2, -0.15) is 0 Å². The van der Waals surface area contributed by atoms with Gasteiger partial charge in [-0.15, -0.1) is 0 Å². The Kier molecular flexibility index (Phi) is 7.34. The van der Waals surface area contributed by atoms with Crippen molar-refractivity contribution in [2.24, 2.45) is 5.92 Å². The third kappa shape index (κ3) is 5.62. The molecule has 5 nitrogen and oxygen atoms in total. The lowest BCUT2D eigenvalue weighted by Gasteiger charge is -2.48. The molecule has 0 bridgehead atoms. The smallest absolute Gasteiger partial charge is 0.233 e. The van der Waals surface area contributed by atoms with E-state index in [9.17, 15) is 27.1 Å². The maximum Gasteiger partial charge on any atom is 0.233 e. The van der Waals surface area contributed by atoms with E-state index < -0.39 is 27.7 Å². The van der Waals surface area contributed by atoms with Crippen molar-refractivity contribution < 1.29 is 27.1 Å². The average molecular weight is 548 g/mol. The highest BCUT2D eigenvalue weighted by atomic mass is 32.2. The van der Waals surface area contributed by atoms with Gasteiger partial charge >= 0.3 is 0 Å². The molecule has 1 unspecified atom stereocenters. The fourth-order valence-electron chi connectivity index (χ4n) is 5.06. The van der Waals surface area contributed by atoms with E-state index >= 15 is 0 Å². The van der Waals surface area contributed by atoms with E-state index in [-0.39, 0.29) is 22.7 Å². The minimum Gasteiger partial charge on any atom is -0.388 e. The number of aliphatic hydroxyl groups is 1. The van der Waals surface area contributed by atoms with Crippen LogP contribution in [0.5, 0.6) is 0 Å². The first-order valence-corrected chi connectivity index (χ1v) is 14.4. The van der Waals surface area contributed by atoms with E-state index in [1.54, 1.807) is 41.3 Å². The van der Waals surface area contributed by atoms with E-state index in [1.165, 1.54) is 42.7 Å². The second-order valence-electron chi connectivity index (χ2n) is 9.80. The van der Waals surface area contributed by atoms with Crippen molar-refractivity contribution in [3.63, 3.8) is 0 Å². The number of nitrogens with zero attached hydrogens (tertiary/aromatic N) is 1. The van der Waals surface area contributed by atoms with Crippen LogP contribution in [-0.4, -0.2) is 25.7 Å². The first kappa shape index (κ1) is 26.7. The van der Waals surface area contributed by atoms with Gasteiger partial charge in [-0.1, -0.05) is 48.5 Å². The van der Waals surface area contributed by atoms with Crippen LogP contribution in [0.1, 0.15) is 36.1 Å². The lowest BCUT2D eigenvalue weighted by molar-refractivity contribution is -0.131. The fourth-order valence-corrected chi connectivity index (χ4v) is 5.69. The molecule has 1 saturated heterocycles. The van der Waals surface area contributed by atoms with Crippen molar-refractivity contribution >= 4 is 21.4 Å². The number of benzene rings is 4. The molecule has 200 valence electrons. The lowest BCUT2D eigenvalue weighted by Crippen LogP contribution is -2.55. The third-order valence-corrected chi connectivity index (χ3v) is 8.32. The monoisotopic (exact) mass is 547 g/mol. The summed E-state index contributed by atoms with van der Waals surface area (Å²) in [7, 11) is -3.29. The minimum atomic E-state index is -3.29. The Morgan fingerprint density at radius 2 is 1.31 bits per heavy atom. The molecule has 0 aromatic heterocycles. The Hall–Kier alpha value is -3.88. The zero-order valence-corrected chi connectivity index (χ0v) is 22.0. The van der Waals surface area contributed by atoms with Crippen LogP contribution >= 0.6 is 0 Å². The second kappa shape index (κ2) is 10.7. The van der Waals surface area contributed by atoms with Crippen molar-refractivity contribution in [3.05, 3.63) is 120 Å². The Labute approximate surface area is 226 Å². The largest absolute Gasteiger partial charge is 0.388 e. The van der Waals surface area contributed by atoms with Gasteiger partial charge in [-0.3, -0.25) is 4.79 Å². The second-order valence-corrected chi connectivity index (χ2v) is 11.8. The topological polar surface area (TPSA) is 74.7 Å². The van der Waals surface area contributed by atoms with Crippen molar-refractivity contribution in [2.45, 2.75) is 29.9 Å². The van der Waals surface area contributed by atoms with Gasteiger partial charge in [0.25, 0.3) is 0 Å². The molecule has 1 aliphatic rings. The molecule has 1 heterocycles. The number of β-lactam (4-membered cyclic amide) rings is 1. The van der Waals surface area contributed by atoms with Crippen LogP contribution in [0.3, 0.4) is 0 Å². The molecule has 0 aliphatic carbocycles. The van der Waals surface area contributed by atoms with Crippen LogP contribution in [0.15, 0.2) is 102 Å². The van der Waals surface area contributed by atoms with Crippen molar-refractivity contribution in [1.82, 2.24) is 0 Å². The number of rotatable bonds is 8. The Balaban J connectivity index is 1.39. The highest BCUT2D eigenvalue weighted by Crippen LogP contribution is 2.46. The zero-order valence-electron chi connectivity index (χ0n) is 21.2. The van der Waals surface area contributed by atoms with Gasteiger partial charge in [0.15, 0.2) is 9.84 Å². The number of hydrogen-bond donors (Lipinski definition) is 1. The summed E-state index contributed by atoms with van der Waals surface area (Å²) in [5.74, 6) is -1.29. The summed E-state index contributed by atoms with van der Waals surface area (Å²) in [6.07, 6.45) is 1.06. The number of aliphatic hydroxyl groups excluding tert-OH is 1. The molecular formula is C31H27F2NO4S. The summed E-state index contributed by atoms with van der Waals surface area (Å²) in [4.78, 5) is 15.2. The first-order chi connectivity index (χ1) is 18.6. The summed E-state index contributed by atoms with van der Waals surface area (Å²) in [6.45, 7) is 0. The molecule has 39 heavy (non-hydrogen) atoms. The van der Waals surface area contributed by atoms with Crippen LogP contribution in [0.4, 0.5) is 14.5 Å². The average Bonchev–Trinajstić information content (AvgIpc) is 2.93. The molecule has 0 spiro atoms. The van der Waals surface area contributed by atoms with Crippen molar-refractivity contribution in [3.8, 4) is 11.1 Å². The van der Waals surface area contributed by atoms with Gasteiger partial charge in [-0.05, 0) is 83.6 Å². The van der Waals surface area contributed by atoms with E-state index in [4.69, 9.17) is 0 Å². The highest BCUT2D eigenvalue weighted by molar-refractivity contribution is 7.90. The van der Waals surface area contributed by atoms with E-state index in [1.807, 2.05) is 24.3 Å². The molecule has 0 saturated carbocycles. The zero-order chi connectivity index (χ0) is 27.7. The van der Waals surface area contributed by atoms with Gasteiger partial charge in [0.2, 0.25) is 5.91 Å². The summed E-state index contributed by atoms with van der Waals surface area (Å²) in [5, 5.41) is 10.6. The Morgan fingerprint density at radius 3 is 1.85 bits per heavy atom. The van der Waals surface area contributed by atoms with Gasteiger partial charge in [0.1, 0.15) is 11.6 Å². The van der Waals surface area contributed by atoms with Crippen LogP contribution < -0.4 is 4.90 Å². The molecule has 0 radical (unpaired) electrons. The number of sulfone groups is 1. The summed E-state index contributed by atoms with van der Waals surface area (Å²) in [5.41, 5.74) is 3.80. The van der Waals surface area contributed by atoms with Crippen LogP contribution in [0, 0.1) is 17.6 Å². The van der Waals surface area contributed by atoms with E-state index in [2.05, 4.69) is 0 Å². The van der Waals surface area contributed by atoms with Crippen LogP contribution in [-0.2, 0) is 14.6 Å². The molecule has 3 atom stereocenters. The lowest BCUT2D eigenvalue weighted by atomic mass is 9.78. The summed E-state index contributed by atoms with van der Waals surface area (Å²) in [6, 6.07) is 25.4. The van der Waals surface area contributed by atoms with Gasteiger partial charge in [0.05, 0.1) is 23.0 Å². The van der Waals surface area contributed by atoms with Crippen molar-refractivity contribution in [2.75, 3.05) is 11.2 Å². The molecule has 1 N–H and O–H groups in total. The Morgan fingerprint density at radius 1 is 0.795 bits per heavy atom. The minimum absolute atomic E-state index is 0.113. The maximum atomic E-state index is 13.6. The highest BCUT2D eigenvalue weighted by Gasteiger charge is 2.48. The number of halogens is 2. The number of carbonyl (C=O) groups is 1. The normalized spacial score (nSPS) is 18.1. The van der Waals surface area contributed by atoms with E-state index in [0.717, 1.165) is 16.7 Å². The molecule has 8 heteroatoms. The molecule has 1 aliphatic heterocycles. The maximum absolute atomic E-state index is 13.6. The van der Waals surface area contributed by atoms with Gasteiger partial charge < -0.3 is 10.0 Å². The summed E-state index contributed by atoms with van der Waals surface area (Å²) < 4.78 is 50.4. The molecule has 1 amide bonds.